The van der Waals surface area contributed by atoms with Crippen molar-refractivity contribution in [2.24, 2.45) is 0 Å². The molecule has 1 atom stereocenters. The van der Waals surface area contributed by atoms with Gasteiger partial charge in [-0.2, -0.15) is 0 Å². The third-order valence-corrected chi connectivity index (χ3v) is 2.35. The Morgan fingerprint density at radius 1 is 1.35 bits per heavy atom. The van der Waals surface area contributed by atoms with E-state index >= 15 is 0 Å². The minimum atomic E-state index is -3.45. The van der Waals surface area contributed by atoms with Gasteiger partial charge in [-0.3, -0.25) is 0 Å². The second-order valence-electron chi connectivity index (χ2n) is 3.58. The van der Waals surface area contributed by atoms with Crippen LogP contribution in [0.15, 0.2) is 18.2 Å². The molecule has 3 nitrogen and oxygen atoms in total. The third kappa shape index (κ3) is 2.17. The van der Waals surface area contributed by atoms with Crippen LogP contribution in [0, 0.1) is 11.6 Å². The predicted octanol–water partition coefficient (Wildman–Crippen LogP) is 2.38. The second kappa shape index (κ2) is 3.90. The van der Waals surface area contributed by atoms with Crippen LogP contribution < -0.4 is 5.32 Å². The number of rotatable bonds is 1. The molecule has 0 aromatic heterocycles. The molecule has 7 heteroatoms. The van der Waals surface area contributed by atoms with Crippen molar-refractivity contribution in [1.82, 2.24) is 5.32 Å². The van der Waals surface area contributed by atoms with Gasteiger partial charge in [0, 0.05) is 11.6 Å². The SMILES string of the molecule is O=C1N[C@@H](c2ccc(F)cc2F)C(F)(F)CO1. The molecule has 0 aliphatic carbocycles. The minimum Gasteiger partial charge on any atom is -0.443 e. The van der Waals surface area contributed by atoms with Crippen molar-refractivity contribution in [3.63, 3.8) is 0 Å². The van der Waals surface area contributed by atoms with Gasteiger partial charge in [0.25, 0.3) is 0 Å². The summed E-state index contributed by atoms with van der Waals surface area (Å²) in [6.45, 7) is -1.14. The summed E-state index contributed by atoms with van der Waals surface area (Å²) in [5.41, 5.74) is -0.479. The van der Waals surface area contributed by atoms with E-state index in [9.17, 15) is 22.4 Å². The lowest BCUT2D eigenvalue weighted by molar-refractivity contribution is -0.105. The first-order valence-corrected chi connectivity index (χ1v) is 4.66. The number of alkyl halides is 2. The molecule has 1 N–H and O–H groups in total. The Morgan fingerprint density at radius 3 is 2.71 bits per heavy atom. The average molecular weight is 249 g/mol. The van der Waals surface area contributed by atoms with E-state index in [2.05, 4.69) is 4.74 Å². The van der Waals surface area contributed by atoms with Crippen LogP contribution in [0.1, 0.15) is 11.6 Å². The predicted molar refractivity (Wildman–Crippen MR) is 48.5 cm³/mol. The van der Waals surface area contributed by atoms with Crippen LogP contribution in [0.3, 0.4) is 0 Å². The van der Waals surface area contributed by atoms with E-state index in [0.29, 0.717) is 6.07 Å². The van der Waals surface area contributed by atoms with Gasteiger partial charge in [0.1, 0.15) is 17.7 Å². The highest BCUT2D eigenvalue weighted by Crippen LogP contribution is 2.35. The number of halogens is 4. The molecule has 1 aliphatic rings. The number of cyclic esters (lactones) is 1. The first-order chi connectivity index (χ1) is 7.90. The zero-order valence-electron chi connectivity index (χ0n) is 8.34. The first-order valence-electron chi connectivity index (χ1n) is 4.66. The number of benzene rings is 1. The van der Waals surface area contributed by atoms with Crippen molar-refractivity contribution in [3.05, 3.63) is 35.4 Å². The van der Waals surface area contributed by atoms with Gasteiger partial charge >= 0.3 is 12.0 Å². The molecule has 0 saturated carbocycles. The molecule has 1 saturated heterocycles. The summed E-state index contributed by atoms with van der Waals surface area (Å²) in [5, 5.41) is 1.81. The lowest BCUT2D eigenvalue weighted by Gasteiger charge is -2.31. The second-order valence-corrected chi connectivity index (χ2v) is 3.58. The average Bonchev–Trinajstić information content (AvgIpc) is 2.23. The van der Waals surface area contributed by atoms with E-state index < -0.39 is 41.9 Å². The fraction of sp³-hybridized carbons (Fsp3) is 0.300. The highest BCUT2D eigenvalue weighted by atomic mass is 19.3. The maximum Gasteiger partial charge on any atom is 0.408 e. The van der Waals surface area contributed by atoms with Crippen molar-refractivity contribution in [2.75, 3.05) is 6.61 Å². The van der Waals surface area contributed by atoms with Gasteiger partial charge in [0.2, 0.25) is 0 Å². The molecule has 1 heterocycles. The summed E-state index contributed by atoms with van der Waals surface area (Å²) in [6.07, 6.45) is -1.07. The van der Waals surface area contributed by atoms with Gasteiger partial charge in [-0.05, 0) is 6.07 Å². The summed E-state index contributed by atoms with van der Waals surface area (Å²) in [7, 11) is 0. The van der Waals surface area contributed by atoms with Gasteiger partial charge in [-0.15, -0.1) is 0 Å². The van der Waals surface area contributed by atoms with Gasteiger partial charge in [0.05, 0.1) is 0 Å². The molecule has 0 spiro atoms. The van der Waals surface area contributed by atoms with Crippen molar-refractivity contribution in [1.29, 1.82) is 0 Å². The fourth-order valence-corrected chi connectivity index (χ4v) is 1.55. The van der Waals surface area contributed by atoms with Crippen LogP contribution in [0.5, 0.6) is 0 Å². The monoisotopic (exact) mass is 249 g/mol. The lowest BCUT2D eigenvalue weighted by Crippen LogP contribution is -2.49. The highest BCUT2D eigenvalue weighted by molar-refractivity contribution is 5.69. The normalized spacial score (nSPS) is 22.8. The number of hydrogen-bond acceptors (Lipinski definition) is 2. The molecule has 0 bridgehead atoms. The Kier molecular flexibility index (Phi) is 2.68. The van der Waals surface area contributed by atoms with Crippen molar-refractivity contribution in [3.8, 4) is 0 Å². The molecule has 1 aliphatic heterocycles. The first kappa shape index (κ1) is 11.7. The maximum absolute atomic E-state index is 13.4. The fourth-order valence-electron chi connectivity index (χ4n) is 1.55. The Balaban J connectivity index is 2.39. The largest absolute Gasteiger partial charge is 0.443 e. The number of nitrogens with one attached hydrogen (secondary N) is 1. The molecule has 92 valence electrons. The van der Waals surface area contributed by atoms with Gasteiger partial charge < -0.3 is 10.1 Å². The van der Waals surface area contributed by atoms with E-state index in [4.69, 9.17) is 0 Å². The number of alkyl carbamates (subject to hydrolysis) is 1. The standard InChI is InChI=1S/C10H7F4NO2/c11-5-1-2-6(7(12)3-5)8-10(13,14)4-17-9(16)15-8/h1-3,8H,4H2,(H,15,16)/t8-/m0/s1. The van der Waals surface area contributed by atoms with Crippen LogP contribution in [0.2, 0.25) is 0 Å². The molecule has 1 fully saturated rings. The van der Waals surface area contributed by atoms with E-state index in [1.54, 1.807) is 0 Å². The molecule has 1 aromatic rings. The number of carbonyl (C=O) groups is 1. The number of hydrogen-bond donors (Lipinski definition) is 1. The van der Waals surface area contributed by atoms with Gasteiger partial charge in [-0.25, -0.2) is 22.4 Å². The van der Waals surface area contributed by atoms with Crippen LogP contribution in [0.4, 0.5) is 22.4 Å². The maximum atomic E-state index is 13.4. The Morgan fingerprint density at radius 2 is 2.06 bits per heavy atom. The summed E-state index contributed by atoms with van der Waals surface area (Å²) < 4.78 is 56.9. The van der Waals surface area contributed by atoms with E-state index in [-0.39, 0.29) is 0 Å². The van der Waals surface area contributed by atoms with Crippen LogP contribution in [-0.4, -0.2) is 18.6 Å². The minimum absolute atomic E-state index is 0.479. The molecule has 1 amide bonds. The summed E-state index contributed by atoms with van der Waals surface area (Å²) in [6, 6.07) is 0.335. The molecule has 17 heavy (non-hydrogen) atoms. The number of ether oxygens (including phenoxy) is 1. The Labute approximate surface area is 93.4 Å². The zero-order chi connectivity index (χ0) is 12.6. The molecular weight excluding hydrogens is 242 g/mol. The molecule has 0 unspecified atom stereocenters. The van der Waals surface area contributed by atoms with Crippen LogP contribution >= 0.6 is 0 Å². The Hall–Kier alpha value is -1.79. The lowest BCUT2D eigenvalue weighted by atomic mass is 9.99. The summed E-state index contributed by atoms with van der Waals surface area (Å²) in [4.78, 5) is 10.8. The summed E-state index contributed by atoms with van der Waals surface area (Å²) >= 11 is 0. The van der Waals surface area contributed by atoms with Crippen molar-refractivity contribution < 1.29 is 27.1 Å². The molecular formula is C10H7F4NO2. The van der Waals surface area contributed by atoms with Crippen molar-refractivity contribution >= 4 is 6.09 Å². The topological polar surface area (TPSA) is 38.3 Å². The number of amides is 1. The molecule has 0 radical (unpaired) electrons. The van der Waals surface area contributed by atoms with E-state index in [1.807, 2.05) is 5.32 Å². The molecule has 1 aromatic carbocycles. The van der Waals surface area contributed by atoms with Crippen molar-refractivity contribution in [2.45, 2.75) is 12.0 Å². The van der Waals surface area contributed by atoms with Crippen LogP contribution in [0.25, 0.3) is 0 Å². The smallest absolute Gasteiger partial charge is 0.408 e. The quantitative estimate of drug-likeness (QED) is 0.776. The highest BCUT2D eigenvalue weighted by Gasteiger charge is 2.47. The number of carbonyl (C=O) groups excluding carboxylic acids is 1. The van der Waals surface area contributed by atoms with E-state index in [1.165, 1.54) is 0 Å². The Bertz CT molecular complexity index is 464. The van der Waals surface area contributed by atoms with E-state index in [0.717, 1.165) is 12.1 Å². The van der Waals surface area contributed by atoms with Crippen LogP contribution in [-0.2, 0) is 4.74 Å². The summed E-state index contributed by atoms with van der Waals surface area (Å²) in [5.74, 6) is -5.48. The molecule has 2 rings (SSSR count). The third-order valence-electron chi connectivity index (χ3n) is 2.35. The zero-order valence-corrected chi connectivity index (χ0v) is 8.34. The van der Waals surface area contributed by atoms with Gasteiger partial charge in [0.15, 0.2) is 6.61 Å². The van der Waals surface area contributed by atoms with Gasteiger partial charge in [-0.1, -0.05) is 6.07 Å².